The fraction of sp³-hybridized carbons (Fsp3) is 1.00. The van der Waals surface area contributed by atoms with Crippen molar-refractivity contribution in [3.8, 4) is 0 Å². The highest BCUT2D eigenvalue weighted by molar-refractivity contribution is 7.91. The van der Waals surface area contributed by atoms with Crippen LogP contribution < -0.4 is 0 Å². The summed E-state index contributed by atoms with van der Waals surface area (Å²) in [5.74, 6) is 0.505. The molecule has 0 aliphatic carbocycles. The van der Waals surface area contributed by atoms with Gasteiger partial charge >= 0.3 is 6.18 Å². The molecule has 0 aromatic rings. The van der Waals surface area contributed by atoms with Gasteiger partial charge in [0.1, 0.15) is 11.5 Å². The van der Waals surface area contributed by atoms with Gasteiger partial charge < -0.3 is 4.55 Å². The molecule has 1 atom stereocenters. The van der Waals surface area contributed by atoms with E-state index in [0.29, 0.717) is 24.5 Å². The first-order valence-corrected chi connectivity index (χ1v) is 5.95. The number of rotatable bonds is 6. The van der Waals surface area contributed by atoms with Gasteiger partial charge in [-0.25, -0.2) is 0 Å². The van der Waals surface area contributed by atoms with Crippen LogP contribution in [0.15, 0.2) is 0 Å². The quantitative estimate of drug-likeness (QED) is 0.395. The lowest BCUT2D eigenvalue weighted by Crippen LogP contribution is -2.18. The average molecular weight is 237 g/mol. The van der Waals surface area contributed by atoms with Crippen molar-refractivity contribution in [1.82, 2.24) is 0 Å². The van der Waals surface area contributed by atoms with Crippen molar-refractivity contribution in [1.29, 1.82) is 0 Å². The van der Waals surface area contributed by atoms with Crippen LogP contribution in [-0.4, -0.2) is 28.1 Å². The molecular weight excluding hydrogens is 225 g/mol. The minimum absolute atomic E-state index is 0.286. The molecule has 0 saturated carbocycles. The van der Waals surface area contributed by atoms with Gasteiger partial charge in [0.05, 0.1) is 6.42 Å². The molecule has 1 nitrogen and oxygen atoms in total. The number of alkyl halides is 4. The highest BCUT2D eigenvalue weighted by atomic mass is 35.5. The molecule has 0 spiro atoms. The van der Waals surface area contributed by atoms with Gasteiger partial charge in [0.25, 0.3) is 0 Å². The second-order valence-corrected chi connectivity index (χ2v) is 4.68. The molecule has 0 fully saturated rings. The smallest absolute Gasteiger partial charge is 0.393 e. The third kappa shape index (κ3) is 10.3. The molecule has 13 heavy (non-hydrogen) atoms. The van der Waals surface area contributed by atoms with Crippen molar-refractivity contribution in [2.24, 2.45) is 0 Å². The fourth-order valence-electron chi connectivity index (χ4n) is 0.689. The molecule has 80 valence electrons. The SMILES string of the molecule is [O-][S+](CCCCCl)CCC(F)(F)F. The van der Waals surface area contributed by atoms with Gasteiger partial charge in [0.2, 0.25) is 0 Å². The normalized spacial score (nSPS) is 14.5. The summed E-state index contributed by atoms with van der Waals surface area (Å²) in [7, 11) is 0. The summed E-state index contributed by atoms with van der Waals surface area (Å²) in [6.07, 6.45) is -3.81. The van der Waals surface area contributed by atoms with Crippen molar-refractivity contribution in [3.05, 3.63) is 0 Å². The maximum atomic E-state index is 11.6. The molecule has 0 rings (SSSR count). The van der Waals surface area contributed by atoms with Crippen LogP contribution in [0, 0.1) is 0 Å². The van der Waals surface area contributed by atoms with Gasteiger partial charge in [0.15, 0.2) is 0 Å². The number of unbranched alkanes of at least 4 members (excludes halogenated alkanes) is 1. The van der Waals surface area contributed by atoms with Gasteiger partial charge in [-0.3, -0.25) is 0 Å². The minimum atomic E-state index is -4.19. The zero-order chi connectivity index (χ0) is 10.3. The van der Waals surface area contributed by atoms with Crippen LogP contribution in [-0.2, 0) is 11.2 Å². The molecule has 0 saturated heterocycles. The van der Waals surface area contributed by atoms with Crippen molar-refractivity contribution in [2.75, 3.05) is 17.4 Å². The van der Waals surface area contributed by atoms with E-state index in [-0.39, 0.29) is 5.75 Å². The van der Waals surface area contributed by atoms with Crippen molar-refractivity contribution < 1.29 is 17.7 Å². The van der Waals surface area contributed by atoms with Crippen molar-refractivity contribution >= 4 is 22.8 Å². The van der Waals surface area contributed by atoms with Crippen LogP contribution in [0.5, 0.6) is 0 Å². The maximum absolute atomic E-state index is 11.6. The molecule has 0 aliphatic rings. The van der Waals surface area contributed by atoms with Gasteiger partial charge in [-0.15, -0.1) is 11.6 Å². The summed E-state index contributed by atoms with van der Waals surface area (Å²) in [6.45, 7) is 0. The van der Waals surface area contributed by atoms with Gasteiger partial charge in [-0.2, -0.15) is 13.2 Å². The lowest BCUT2D eigenvalue weighted by molar-refractivity contribution is -0.129. The van der Waals surface area contributed by atoms with Crippen LogP contribution in [0.3, 0.4) is 0 Å². The lowest BCUT2D eigenvalue weighted by atomic mass is 10.4. The zero-order valence-corrected chi connectivity index (χ0v) is 8.64. The van der Waals surface area contributed by atoms with E-state index in [1.54, 1.807) is 0 Å². The largest absolute Gasteiger partial charge is 0.616 e. The highest BCUT2D eigenvalue weighted by Gasteiger charge is 2.29. The van der Waals surface area contributed by atoms with E-state index < -0.39 is 23.8 Å². The molecule has 0 N–H and O–H groups in total. The molecule has 0 aromatic carbocycles. The Bertz CT molecular complexity index is 131. The Kier molecular flexibility index (Phi) is 6.99. The predicted molar refractivity (Wildman–Crippen MR) is 48.5 cm³/mol. The summed E-state index contributed by atoms with van der Waals surface area (Å²) in [4.78, 5) is 0. The van der Waals surface area contributed by atoms with Crippen LogP contribution in [0.1, 0.15) is 19.3 Å². The third-order valence-electron chi connectivity index (χ3n) is 1.37. The summed E-state index contributed by atoms with van der Waals surface area (Å²) in [5, 5.41) is 0. The topological polar surface area (TPSA) is 23.1 Å². The van der Waals surface area contributed by atoms with E-state index in [2.05, 4.69) is 0 Å². The molecule has 6 heteroatoms. The van der Waals surface area contributed by atoms with Crippen LogP contribution in [0.2, 0.25) is 0 Å². The van der Waals surface area contributed by atoms with E-state index in [4.69, 9.17) is 11.6 Å². The fourth-order valence-corrected chi connectivity index (χ4v) is 2.07. The minimum Gasteiger partial charge on any atom is -0.616 e. The maximum Gasteiger partial charge on any atom is 0.393 e. The standard InChI is InChI=1S/C7H12ClF3OS/c8-4-1-2-5-13(12)6-3-7(9,10)11/h1-6H2. The van der Waals surface area contributed by atoms with Crippen molar-refractivity contribution in [3.63, 3.8) is 0 Å². The van der Waals surface area contributed by atoms with Gasteiger partial charge in [0, 0.05) is 5.88 Å². The first kappa shape index (κ1) is 13.4. The van der Waals surface area contributed by atoms with Crippen LogP contribution >= 0.6 is 11.6 Å². The Labute approximate surface area is 83.8 Å². The molecule has 0 aliphatic heterocycles. The second-order valence-electron chi connectivity index (χ2n) is 2.61. The summed E-state index contributed by atoms with van der Waals surface area (Å²) >= 11 is 4.01. The Morgan fingerprint density at radius 2 is 1.77 bits per heavy atom. The van der Waals surface area contributed by atoms with Crippen LogP contribution in [0.4, 0.5) is 13.2 Å². The molecule has 0 aromatic heterocycles. The number of hydrogen-bond acceptors (Lipinski definition) is 1. The molecule has 0 amide bonds. The monoisotopic (exact) mass is 236 g/mol. The summed E-state index contributed by atoms with van der Waals surface area (Å²) in [5.41, 5.74) is 0. The molecule has 0 radical (unpaired) electrons. The van der Waals surface area contributed by atoms with E-state index in [9.17, 15) is 17.7 Å². The molecule has 0 bridgehead atoms. The Hall–Kier alpha value is 0.390. The first-order valence-electron chi connectivity index (χ1n) is 3.93. The average Bonchev–Trinajstić information content (AvgIpc) is 2.00. The van der Waals surface area contributed by atoms with Gasteiger partial charge in [-0.05, 0) is 12.8 Å². The summed E-state index contributed by atoms with van der Waals surface area (Å²) in [6, 6.07) is 0. The molecule has 0 heterocycles. The predicted octanol–water partition coefficient (Wildman–Crippen LogP) is 2.71. The first-order chi connectivity index (χ1) is 5.95. The highest BCUT2D eigenvalue weighted by Crippen LogP contribution is 2.20. The van der Waals surface area contributed by atoms with Gasteiger partial charge in [-0.1, -0.05) is 11.2 Å². The second kappa shape index (κ2) is 6.79. The van der Waals surface area contributed by atoms with E-state index in [1.165, 1.54) is 0 Å². The summed E-state index contributed by atoms with van der Waals surface area (Å²) < 4.78 is 45.9. The van der Waals surface area contributed by atoms with E-state index >= 15 is 0 Å². The number of halogens is 4. The van der Waals surface area contributed by atoms with E-state index in [0.717, 1.165) is 0 Å². The van der Waals surface area contributed by atoms with Crippen LogP contribution in [0.25, 0.3) is 0 Å². The zero-order valence-electron chi connectivity index (χ0n) is 7.07. The van der Waals surface area contributed by atoms with E-state index in [1.807, 2.05) is 0 Å². The lowest BCUT2D eigenvalue weighted by Gasteiger charge is -2.11. The Balaban J connectivity index is 3.35. The molecule has 1 unspecified atom stereocenters. The third-order valence-corrected chi connectivity index (χ3v) is 3.04. The Morgan fingerprint density at radius 3 is 2.23 bits per heavy atom. The number of hydrogen-bond donors (Lipinski definition) is 0. The van der Waals surface area contributed by atoms with Crippen molar-refractivity contribution in [2.45, 2.75) is 25.4 Å². The Morgan fingerprint density at radius 1 is 1.15 bits per heavy atom. The molecular formula is C7H12ClF3OS.